The zero-order chi connectivity index (χ0) is 18.7. The van der Waals surface area contributed by atoms with Crippen LogP contribution >= 0.6 is 0 Å². The molecule has 3 rings (SSSR count). The first-order valence-electron chi connectivity index (χ1n) is 7.93. The van der Waals surface area contributed by atoms with E-state index in [1.807, 2.05) is 48.5 Å². The molecule has 1 unspecified atom stereocenters. The predicted octanol–water partition coefficient (Wildman–Crippen LogP) is 3.69. The first-order valence-corrected chi connectivity index (χ1v) is 9.25. The fourth-order valence-electron chi connectivity index (χ4n) is 2.69. The van der Waals surface area contributed by atoms with Gasteiger partial charge in [0.1, 0.15) is 5.69 Å². The van der Waals surface area contributed by atoms with Gasteiger partial charge in [-0.3, -0.25) is 14.3 Å². The molecule has 0 aliphatic rings. The van der Waals surface area contributed by atoms with Crippen molar-refractivity contribution >= 4 is 28.0 Å². The monoisotopic (exact) mass is 370 g/mol. The maximum absolute atomic E-state index is 12.5. The molecule has 0 radical (unpaired) electrons. The molecular formula is C18H18N4O3S. The van der Waals surface area contributed by atoms with Crippen molar-refractivity contribution in [2.75, 3.05) is 5.32 Å². The van der Waals surface area contributed by atoms with Crippen LogP contribution < -0.4 is 5.32 Å². The van der Waals surface area contributed by atoms with Crippen LogP contribution in [0.4, 0.5) is 17.2 Å². The molecule has 0 aliphatic heterocycles. The van der Waals surface area contributed by atoms with Gasteiger partial charge >= 0.3 is 5.69 Å². The number of hydrogen-bond acceptors (Lipinski definition) is 5. The summed E-state index contributed by atoms with van der Waals surface area (Å²) in [5.41, 5.74) is 1.85. The minimum absolute atomic E-state index is 0.0502. The molecule has 0 spiro atoms. The zero-order valence-corrected chi connectivity index (χ0v) is 15.2. The quantitative estimate of drug-likeness (QED) is 0.528. The molecular weight excluding hydrogens is 352 g/mol. The van der Waals surface area contributed by atoms with Crippen molar-refractivity contribution in [1.29, 1.82) is 0 Å². The zero-order valence-electron chi connectivity index (χ0n) is 14.4. The van der Waals surface area contributed by atoms with Gasteiger partial charge in [0, 0.05) is 17.6 Å². The van der Waals surface area contributed by atoms with E-state index in [0.717, 1.165) is 10.5 Å². The topological polar surface area (TPSA) is 90.1 Å². The molecule has 0 amide bonds. The van der Waals surface area contributed by atoms with Crippen molar-refractivity contribution in [2.24, 2.45) is 7.05 Å². The number of anilines is 2. The van der Waals surface area contributed by atoms with E-state index in [1.54, 1.807) is 20.0 Å². The number of rotatable bonds is 6. The van der Waals surface area contributed by atoms with Gasteiger partial charge in [0.05, 0.1) is 21.5 Å². The minimum atomic E-state index is -1.15. The molecule has 1 atom stereocenters. The highest BCUT2D eigenvalue weighted by Gasteiger charge is 2.24. The second-order valence-corrected chi connectivity index (χ2v) is 7.24. The maximum Gasteiger partial charge on any atom is 0.334 e. The van der Waals surface area contributed by atoms with Gasteiger partial charge in [-0.25, -0.2) is 4.68 Å². The largest absolute Gasteiger partial charge is 0.335 e. The Morgan fingerprint density at radius 1 is 1.19 bits per heavy atom. The summed E-state index contributed by atoms with van der Waals surface area (Å²) in [6.45, 7) is 1.60. The fourth-order valence-corrected chi connectivity index (χ4v) is 3.80. The van der Waals surface area contributed by atoms with Crippen molar-refractivity contribution in [3.8, 4) is 0 Å². The van der Waals surface area contributed by atoms with Gasteiger partial charge in [0.25, 0.3) is 0 Å². The third kappa shape index (κ3) is 3.80. The lowest BCUT2D eigenvalue weighted by Crippen LogP contribution is -2.02. The molecule has 2 aromatic carbocycles. The summed E-state index contributed by atoms with van der Waals surface area (Å²) in [7, 11) is 0.495. The summed E-state index contributed by atoms with van der Waals surface area (Å²) in [6, 6.07) is 16.6. The van der Waals surface area contributed by atoms with E-state index in [2.05, 4.69) is 10.4 Å². The first kappa shape index (κ1) is 17.8. The molecule has 0 aliphatic carbocycles. The lowest BCUT2D eigenvalue weighted by atomic mass is 10.2. The Bertz CT molecular complexity index is 970. The number of hydrogen-bond donors (Lipinski definition) is 1. The van der Waals surface area contributed by atoms with Gasteiger partial charge in [-0.2, -0.15) is 5.10 Å². The lowest BCUT2D eigenvalue weighted by molar-refractivity contribution is -0.384. The van der Waals surface area contributed by atoms with Crippen molar-refractivity contribution < 1.29 is 9.13 Å². The van der Waals surface area contributed by atoms with E-state index in [4.69, 9.17) is 0 Å². The van der Waals surface area contributed by atoms with Gasteiger partial charge in [-0.15, -0.1) is 0 Å². The van der Waals surface area contributed by atoms with Gasteiger partial charge in [-0.1, -0.05) is 30.3 Å². The number of aryl methyl sites for hydroxylation is 2. The van der Waals surface area contributed by atoms with E-state index in [0.29, 0.717) is 23.0 Å². The maximum atomic E-state index is 12.5. The number of nitrogens with zero attached hydrogens (tertiary/aromatic N) is 3. The van der Waals surface area contributed by atoms with E-state index in [-0.39, 0.29) is 5.69 Å². The fraction of sp³-hybridized carbons (Fsp3) is 0.167. The Hall–Kier alpha value is -3.00. The number of nitrogens with one attached hydrogen (secondary N) is 1. The van der Waals surface area contributed by atoms with E-state index in [1.165, 1.54) is 4.68 Å². The smallest absolute Gasteiger partial charge is 0.334 e. The van der Waals surface area contributed by atoms with Crippen LogP contribution in [-0.4, -0.2) is 18.9 Å². The summed E-state index contributed by atoms with van der Waals surface area (Å²) in [4.78, 5) is 11.6. The van der Waals surface area contributed by atoms with Crippen LogP contribution in [0.25, 0.3) is 0 Å². The minimum Gasteiger partial charge on any atom is -0.335 e. The van der Waals surface area contributed by atoms with Crippen molar-refractivity contribution in [2.45, 2.75) is 17.6 Å². The highest BCUT2D eigenvalue weighted by atomic mass is 32.2. The summed E-state index contributed by atoms with van der Waals surface area (Å²) >= 11 is 0. The van der Waals surface area contributed by atoms with E-state index < -0.39 is 15.7 Å². The average Bonchev–Trinajstić information content (AvgIpc) is 2.89. The molecule has 0 saturated heterocycles. The van der Waals surface area contributed by atoms with E-state index in [9.17, 15) is 14.3 Å². The Kier molecular flexibility index (Phi) is 5.13. The summed E-state index contributed by atoms with van der Waals surface area (Å²) < 4.78 is 13.9. The standard InChI is InChI=1S/C18H18N4O3S/c1-13-17(22(23)24)18(21(2)20-13)19-15-8-6-7-14(11-15)12-26(25)16-9-4-3-5-10-16/h3-11,19H,12H2,1-2H3. The van der Waals surface area contributed by atoms with Crippen LogP contribution in [0.3, 0.4) is 0 Å². The van der Waals surface area contributed by atoms with E-state index >= 15 is 0 Å². The molecule has 0 fully saturated rings. The van der Waals surface area contributed by atoms with Crippen molar-refractivity contribution in [1.82, 2.24) is 9.78 Å². The van der Waals surface area contributed by atoms with Gasteiger partial charge in [0.15, 0.2) is 0 Å². The SMILES string of the molecule is Cc1nn(C)c(Nc2cccc(CS(=O)c3ccccc3)c2)c1[N+](=O)[O-]. The lowest BCUT2D eigenvalue weighted by Gasteiger charge is -2.08. The molecule has 0 saturated carbocycles. The predicted molar refractivity (Wildman–Crippen MR) is 101 cm³/mol. The van der Waals surface area contributed by atoms with Crippen LogP contribution in [0.5, 0.6) is 0 Å². The summed E-state index contributed by atoms with van der Waals surface area (Å²) in [5, 5.41) is 18.4. The Balaban J connectivity index is 1.83. The molecule has 1 N–H and O–H groups in total. The van der Waals surface area contributed by atoms with Crippen LogP contribution in [0, 0.1) is 17.0 Å². The van der Waals surface area contributed by atoms with Crippen LogP contribution in [-0.2, 0) is 23.6 Å². The van der Waals surface area contributed by atoms with Gasteiger partial charge in [0.2, 0.25) is 5.82 Å². The number of nitro groups is 1. The summed E-state index contributed by atoms with van der Waals surface area (Å²) in [6.07, 6.45) is 0. The number of aromatic nitrogens is 2. The molecule has 3 aromatic rings. The molecule has 8 heteroatoms. The van der Waals surface area contributed by atoms with Gasteiger partial charge in [-0.05, 0) is 36.8 Å². The Morgan fingerprint density at radius 2 is 1.92 bits per heavy atom. The highest BCUT2D eigenvalue weighted by molar-refractivity contribution is 7.84. The average molecular weight is 370 g/mol. The second kappa shape index (κ2) is 7.49. The van der Waals surface area contributed by atoms with Crippen LogP contribution in [0.15, 0.2) is 59.5 Å². The second-order valence-electron chi connectivity index (χ2n) is 5.79. The molecule has 1 aromatic heterocycles. The van der Waals surface area contributed by atoms with Crippen LogP contribution in [0.2, 0.25) is 0 Å². The molecule has 1 heterocycles. The van der Waals surface area contributed by atoms with Gasteiger partial charge < -0.3 is 5.32 Å². The molecule has 7 nitrogen and oxygen atoms in total. The third-order valence-corrected chi connectivity index (χ3v) is 5.26. The van der Waals surface area contributed by atoms with Crippen molar-refractivity contribution in [3.63, 3.8) is 0 Å². The number of benzene rings is 2. The molecule has 0 bridgehead atoms. The van der Waals surface area contributed by atoms with Crippen LogP contribution in [0.1, 0.15) is 11.3 Å². The molecule has 134 valence electrons. The van der Waals surface area contributed by atoms with Crippen molar-refractivity contribution in [3.05, 3.63) is 76.0 Å². The first-order chi connectivity index (χ1) is 12.5. The third-order valence-electron chi connectivity index (χ3n) is 3.87. The Labute approximate surface area is 153 Å². The highest BCUT2D eigenvalue weighted by Crippen LogP contribution is 2.30. The molecule has 26 heavy (non-hydrogen) atoms. The normalized spacial score (nSPS) is 11.9. The summed E-state index contributed by atoms with van der Waals surface area (Å²) in [5.74, 6) is 0.681. The Morgan fingerprint density at radius 3 is 2.62 bits per heavy atom.